The van der Waals surface area contributed by atoms with Gasteiger partial charge in [-0.1, -0.05) is 11.8 Å². The van der Waals surface area contributed by atoms with Crippen molar-refractivity contribution in [2.75, 3.05) is 0 Å². The van der Waals surface area contributed by atoms with Gasteiger partial charge in [-0.25, -0.2) is 0 Å². The smallest absolute Gasteiger partial charge is 0.256 e. The maximum absolute atomic E-state index is 10.2. The first-order chi connectivity index (χ1) is 3.22. The van der Waals surface area contributed by atoms with Gasteiger partial charge >= 0.3 is 0 Å². The summed E-state index contributed by atoms with van der Waals surface area (Å²) in [5.41, 5.74) is 0. The van der Waals surface area contributed by atoms with Gasteiger partial charge in [-0.2, -0.15) is 0 Å². The zero-order valence-corrected chi connectivity index (χ0v) is 4.62. The van der Waals surface area contributed by atoms with Crippen molar-refractivity contribution in [1.29, 1.82) is 0 Å². The average Bonchev–Trinajstić information content (AvgIpc) is 1.68. The highest BCUT2D eigenvalue weighted by Gasteiger charge is 2.34. The van der Waals surface area contributed by atoms with Gasteiger partial charge in [-0.05, 0) is 6.92 Å². The lowest BCUT2D eigenvalue weighted by atomic mass is 10.3. The quantitative estimate of drug-likeness (QED) is 0.424. The molecule has 0 aromatic carbocycles. The van der Waals surface area contributed by atoms with Crippen LogP contribution in [0.2, 0.25) is 0 Å². The second kappa shape index (κ2) is 1.33. The van der Waals surface area contributed by atoms with E-state index in [1.54, 1.807) is 6.92 Å². The molecule has 2 nitrogen and oxygen atoms in total. The molecule has 0 amide bonds. The Morgan fingerprint density at radius 2 is 2.14 bits per heavy atom. The highest BCUT2D eigenvalue weighted by atomic mass is 32.2. The minimum Gasteiger partial charge on any atom is -0.289 e. The number of thioether (sulfide) groups is 1. The Bertz CT molecular complexity index is 130. The Morgan fingerprint density at radius 1 is 1.57 bits per heavy atom. The molecule has 0 bridgehead atoms. The Balaban J connectivity index is 2.60. The number of Topliss-reactive ketones (excluding diaryl/α,β-unsaturated/α-hetero) is 1. The van der Waals surface area contributed by atoms with Crippen molar-refractivity contribution >= 4 is 22.7 Å². The normalized spacial score (nSPS) is 30.1. The number of ketones is 1. The van der Waals surface area contributed by atoms with Crippen LogP contribution in [0, 0.1) is 0 Å². The van der Waals surface area contributed by atoms with Crippen molar-refractivity contribution in [2.45, 2.75) is 12.2 Å². The molecular formula is C4H4O2S. The van der Waals surface area contributed by atoms with Gasteiger partial charge in [-0.3, -0.25) is 9.59 Å². The van der Waals surface area contributed by atoms with Gasteiger partial charge in [0.05, 0.1) is 5.25 Å². The second-order valence-corrected chi connectivity index (χ2v) is 2.73. The molecule has 0 aliphatic carbocycles. The van der Waals surface area contributed by atoms with Crippen LogP contribution in [0.1, 0.15) is 6.92 Å². The van der Waals surface area contributed by atoms with Gasteiger partial charge < -0.3 is 0 Å². The largest absolute Gasteiger partial charge is 0.289 e. The number of rotatable bonds is 0. The van der Waals surface area contributed by atoms with Gasteiger partial charge in [0.2, 0.25) is 5.78 Å². The molecule has 0 aromatic rings. The molecule has 3 heteroatoms. The summed E-state index contributed by atoms with van der Waals surface area (Å²) in [7, 11) is 0. The summed E-state index contributed by atoms with van der Waals surface area (Å²) < 4.78 is 0. The summed E-state index contributed by atoms with van der Waals surface area (Å²) in [4.78, 5) is 20.2. The first kappa shape index (κ1) is 4.84. The van der Waals surface area contributed by atoms with E-state index >= 15 is 0 Å². The third kappa shape index (κ3) is 0.567. The van der Waals surface area contributed by atoms with E-state index in [1.165, 1.54) is 0 Å². The van der Waals surface area contributed by atoms with E-state index in [2.05, 4.69) is 0 Å². The summed E-state index contributed by atoms with van der Waals surface area (Å²) in [6.45, 7) is 1.73. The van der Waals surface area contributed by atoms with Crippen LogP contribution in [0.3, 0.4) is 0 Å². The molecule has 0 aromatic heterocycles. The van der Waals surface area contributed by atoms with Gasteiger partial charge in [0, 0.05) is 0 Å². The van der Waals surface area contributed by atoms with Crippen molar-refractivity contribution in [3.05, 3.63) is 0 Å². The SMILES string of the molecule is CC1SC(=O)C1=O. The Hall–Kier alpha value is -0.310. The highest BCUT2D eigenvalue weighted by molar-refractivity contribution is 8.20. The van der Waals surface area contributed by atoms with Crippen LogP contribution in [0.4, 0.5) is 0 Å². The van der Waals surface area contributed by atoms with Crippen molar-refractivity contribution in [2.24, 2.45) is 0 Å². The van der Waals surface area contributed by atoms with Crippen molar-refractivity contribution in [3.8, 4) is 0 Å². The Labute approximate surface area is 45.3 Å². The molecule has 0 N–H and O–H groups in total. The molecule has 1 saturated heterocycles. The van der Waals surface area contributed by atoms with Gasteiger partial charge in [0.25, 0.3) is 5.12 Å². The van der Waals surface area contributed by atoms with Gasteiger partial charge in [0.1, 0.15) is 0 Å². The first-order valence-electron chi connectivity index (χ1n) is 1.96. The molecule has 38 valence electrons. The van der Waals surface area contributed by atoms with E-state index < -0.39 is 0 Å². The van der Waals surface area contributed by atoms with Gasteiger partial charge in [0.15, 0.2) is 0 Å². The van der Waals surface area contributed by atoms with Crippen LogP contribution >= 0.6 is 11.8 Å². The molecule has 7 heavy (non-hydrogen) atoms. The second-order valence-electron chi connectivity index (χ2n) is 1.41. The molecule has 0 radical (unpaired) electrons. The van der Waals surface area contributed by atoms with E-state index in [0.717, 1.165) is 11.8 Å². The Kier molecular flexibility index (Phi) is 0.922. The molecule has 0 spiro atoms. The van der Waals surface area contributed by atoms with E-state index in [0.29, 0.717) is 0 Å². The summed E-state index contributed by atoms with van der Waals surface area (Å²) >= 11 is 1.10. The Morgan fingerprint density at radius 3 is 2.14 bits per heavy atom. The summed E-state index contributed by atoms with van der Waals surface area (Å²) in [5, 5.41) is -0.347. The van der Waals surface area contributed by atoms with Crippen LogP contribution < -0.4 is 0 Å². The number of carbonyl (C=O) groups is 2. The average molecular weight is 116 g/mol. The fraction of sp³-hybridized carbons (Fsp3) is 0.500. The van der Waals surface area contributed by atoms with Crippen LogP contribution in [-0.2, 0) is 9.59 Å². The fourth-order valence-electron chi connectivity index (χ4n) is 0.380. The lowest BCUT2D eigenvalue weighted by Crippen LogP contribution is -2.33. The maximum atomic E-state index is 10.2. The molecule has 1 aliphatic rings. The predicted molar refractivity (Wildman–Crippen MR) is 27.1 cm³/mol. The van der Waals surface area contributed by atoms with Gasteiger partial charge in [-0.15, -0.1) is 0 Å². The predicted octanol–water partition coefficient (Wildman–Crippen LogP) is 0.217. The lowest BCUT2D eigenvalue weighted by molar-refractivity contribution is -0.132. The standard InChI is InChI=1S/C4H4O2S/c1-2-3(5)4(6)7-2/h2H,1H3. The number of hydrogen-bond acceptors (Lipinski definition) is 3. The van der Waals surface area contributed by atoms with Crippen LogP contribution in [0.25, 0.3) is 0 Å². The van der Waals surface area contributed by atoms with Crippen molar-refractivity contribution < 1.29 is 9.59 Å². The third-order valence-electron chi connectivity index (χ3n) is 0.854. The molecule has 1 atom stereocenters. The summed E-state index contributed by atoms with van der Waals surface area (Å²) in [6, 6.07) is 0. The molecular weight excluding hydrogens is 112 g/mol. The fourth-order valence-corrected chi connectivity index (χ4v) is 1.02. The zero-order valence-electron chi connectivity index (χ0n) is 3.80. The molecule has 1 rings (SSSR count). The van der Waals surface area contributed by atoms with E-state index in [1.807, 2.05) is 0 Å². The lowest BCUT2D eigenvalue weighted by Gasteiger charge is -2.14. The van der Waals surface area contributed by atoms with Crippen LogP contribution in [-0.4, -0.2) is 16.1 Å². The summed E-state index contributed by atoms with van der Waals surface area (Å²) in [5.74, 6) is -0.231. The summed E-state index contributed by atoms with van der Waals surface area (Å²) in [6.07, 6.45) is 0. The minimum absolute atomic E-state index is 0.0625. The van der Waals surface area contributed by atoms with E-state index in [4.69, 9.17) is 0 Å². The third-order valence-corrected chi connectivity index (χ3v) is 1.84. The monoisotopic (exact) mass is 116 g/mol. The molecule has 0 saturated carbocycles. The maximum Gasteiger partial charge on any atom is 0.256 e. The molecule has 1 aliphatic heterocycles. The molecule has 1 fully saturated rings. The molecule has 1 unspecified atom stereocenters. The number of hydrogen-bond donors (Lipinski definition) is 0. The first-order valence-corrected chi connectivity index (χ1v) is 2.84. The van der Waals surface area contributed by atoms with Crippen LogP contribution in [0.15, 0.2) is 0 Å². The van der Waals surface area contributed by atoms with E-state index in [9.17, 15) is 9.59 Å². The molecule has 1 heterocycles. The topological polar surface area (TPSA) is 34.1 Å². The van der Waals surface area contributed by atoms with Crippen LogP contribution in [0.5, 0.6) is 0 Å². The van der Waals surface area contributed by atoms with E-state index in [-0.39, 0.29) is 16.1 Å². The van der Waals surface area contributed by atoms with Crippen molar-refractivity contribution in [3.63, 3.8) is 0 Å². The van der Waals surface area contributed by atoms with Crippen molar-refractivity contribution in [1.82, 2.24) is 0 Å². The highest BCUT2D eigenvalue weighted by Crippen LogP contribution is 2.24. The zero-order chi connectivity index (χ0) is 5.44. The minimum atomic E-state index is -0.285. The number of carbonyl (C=O) groups excluding carboxylic acids is 2.